The van der Waals surface area contributed by atoms with Crippen molar-refractivity contribution in [3.63, 3.8) is 0 Å². The number of carbonyl (C=O) groups excluding carboxylic acids is 1. The Labute approximate surface area is 116 Å². The van der Waals surface area contributed by atoms with Gasteiger partial charge in [-0.3, -0.25) is 4.79 Å². The van der Waals surface area contributed by atoms with E-state index in [1.54, 1.807) is 0 Å². The maximum atomic E-state index is 12.3. The molecular formula is C15H26ClNO. The third kappa shape index (κ3) is 3.20. The minimum atomic E-state index is 0.192. The van der Waals surface area contributed by atoms with Crippen molar-refractivity contribution in [1.29, 1.82) is 0 Å². The van der Waals surface area contributed by atoms with Crippen LogP contribution >= 0.6 is 11.6 Å². The van der Waals surface area contributed by atoms with Crippen LogP contribution in [0.25, 0.3) is 0 Å². The first-order valence-electron chi connectivity index (χ1n) is 7.39. The largest absolute Gasteiger partial charge is 0.353 e. The summed E-state index contributed by atoms with van der Waals surface area (Å²) < 4.78 is 0. The summed E-state index contributed by atoms with van der Waals surface area (Å²) in [5.74, 6) is 1.97. The second-order valence-electron chi connectivity index (χ2n) is 6.81. The second-order valence-corrected chi connectivity index (χ2v) is 7.12. The van der Waals surface area contributed by atoms with Crippen LogP contribution in [0.4, 0.5) is 0 Å². The number of amides is 1. The molecule has 1 amide bonds. The van der Waals surface area contributed by atoms with Gasteiger partial charge in [-0.15, -0.1) is 11.6 Å². The molecule has 3 heteroatoms. The molecule has 2 rings (SSSR count). The Morgan fingerprint density at radius 3 is 2.39 bits per heavy atom. The van der Waals surface area contributed by atoms with Crippen molar-refractivity contribution in [1.82, 2.24) is 5.32 Å². The number of alkyl halides is 1. The van der Waals surface area contributed by atoms with Crippen LogP contribution in [0.1, 0.15) is 58.8 Å². The van der Waals surface area contributed by atoms with Gasteiger partial charge in [0, 0.05) is 17.8 Å². The fourth-order valence-electron chi connectivity index (χ4n) is 3.58. The molecule has 0 heterocycles. The van der Waals surface area contributed by atoms with Gasteiger partial charge >= 0.3 is 0 Å². The van der Waals surface area contributed by atoms with Gasteiger partial charge in [0.25, 0.3) is 0 Å². The van der Waals surface area contributed by atoms with Crippen LogP contribution in [0.15, 0.2) is 0 Å². The molecule has 2 aliphatic carbocycles. The molecule has 0 aromatic heterocycles. The average molecular weight is 272 g/mol. The Balaban J connectivity index is 1.81. The summed E-state index contributed by atoms with van der Waals surface area (Å²) in [7, 11) is 0. The topological polar surface area (TPSA) is 29.1 Å². The highest BCUT2D eigenvalue weighted by Crippen LogP contribution is 2.42. The molecule has 1 unspecified atom stereocenters. The quantitative estimate of drug-likeness (QED) is 0.779. The third-order valence-corrected chi connectivity index (χ3v) is 5.42. The number of halogens is 1. The van der Waals surface area contributed by atoms with E-state index in [-0.39, 0.29) is 11.3 Å². The van der Waals surface area contributed by atoms with Crippen LogP contribution in [0.2, 0.25) is 0 Å². The monoisotopic (exact) mass is 271 g/mol. The van der Waals surface area contributed by atoms with E-state index in [4.69, 9.17) is 11.6 Å². The summed E-state index contributed by atoms with van der Waals surface area (Å²) >= 11 is 5.89. The molecule has 0 spiro atoms. The summed E-state index contributed by atoms with van der Waals surface area (Å²) in [6, 6.07) is 0.397. The Morgan fingerprint density at radius 2 is 1.89 bits per heavy atom. The number of rotatable bonds is 3. The lowest BCUT2D eigenvalue weighted by Gasteiger charge is -2.31. The zero-order chi connectivity index (χ0) is 13.2. The van der Waals surface area contributed by atoms with E-state index in [0.29, 0.717) is 17.9 Å². The van der Waals surface area contributed by atoms with E-state index in [2.05, 4.69) is 19.2 Å². The van der Waals surface area contributed by atoms with Crippen LogP contribution in [-0.2, 0) is 4.79 Å². The molecule has 18 heavy (non-hydrogen) atoms. The Hall–Kier alpha value is -0.240. The lowest BCUT2D eigenvalue weighted by atomic mass is 9.80. The zero-order valence-corrected chi connectivity index (χ0v) is 12.4. The van der Waals surface area contributed by atoms with Crippen LogP contribution in [-0.4, -0.2) is 17.8 Å². The Kier molecular flexibility index (Phi) is 4.58. The minimum absolute atomic E-state index is 0.192. The van der Waals surface area contributed by atoms with E-state index in [1.807, 2.05) is 0 Å². The van der Waals surface area contributed by atoms with Gasteiger partial charge in [0.05, 0.1) is 0 Å². The molecule has 1 atom stereocenters. The Morgan fingerprint density at radius 1 is 1.22 bits per heavy atom. The van der Waals surface area contributed by atoms with Crippen molar-refractivity contribution in [2.24, 2.45) is 17.3 Å². The van der Waals surface area contributed by atoms with E-state index >= 15 is 0 Å². The van der Waals surface area contributed by atoms with E-state index in [9.17, 15) is 4.79 Å². The fraction of sp³-hybridized carbons (Fsp3) is 0.933. The zero-order valence-electron chi connectivity index (χ0n) is 11.7. The highest BCUT2D eigenvalue weighted by atomic mass is 35.5. The molecule has 2 fully saturated rings. The molecule has 0 radical (unpaired) electrons. The summed E-state index contributed by atoms with van der Waals surface area (Å²) in [5, 5.41) is 3.28. The standard InChI is InChI=1S/C15H26ClNO/c1-15(2)9-3-4-13(15)14(18)17-12-7-5-11(10-16)6-8-12/h11-13H,3-10H2,1-2H3,(H,17,18). The predicted molar refractivity (Wildman–Crippen MR) is 75.7 cm³/mol. The number of carbonyl (C=O) groups is 1. The van der Waals surface area contributed by atoms with E-state index < -0.39 is 0 Å². The van der Waals surface area contributed by atoms with Crippen LogP contribution < -0.4 is 5.32 Å². The smallest absolute Gasteiger partial charge is 0.223 e. The van der Waals surface area contributed by atoms with Gasteiger partial charge < -0.3 is 5.32 Å². The highest BCUT2D eigenvalue weighted by Gasteiger charge is 2.39. The molecule has 104 valence electrons. The van der Waals surface area contributed by atoms with Crippen LogP contribution in [0.5, 0.6) is 0 Å². The molecule has 2 saturated carbocycles. The van der Waals surface area contributed by atoms with Gasteiger partial charge in [-0.05, 0) is 49.9 Å². The van der Waals surface area contributed by atoms with Crippen LogP contribution in [0, 0.1) is 17.3 Å². The first-order chi connectivity index (χ1) is 8.53. The second kappa shape index (κ2) is 5.81. The lowest BCUT2D eigenvalue weighted by Crippen LogP contribution is -2.43. The van der Waals surface area contributed by atoms with Crippen molar-refractivity contribution >= 4 is 17.5 Å². The normalized spacial score (nSPS) is 35.4. The molecule has 0 saturated heterocycles. The summed E-state index contributed by atoms with van der Waals surface area (Å²) in [6.45, 7) is 4.46. The minimum Gasteiger partial charge on any atom is -0.353 e. The number of nitrogens with one attached hydrogen (secondary N) is 1. The first kappa shape index (κ1) is 14.2. The highest BCUT2D eigenvalue weighted by molar-refractivity contribution is 6.18. The maximum Gasteiger partial charge on any atom is 0.223 e. The van der Waals surface area contributed by atoms with Gasteiger partial charge in [0.1, 0.15) is 0 Å². The maximum absolute atomic E-state index is 12.3. The van der Waals surface area contributed by atoms with Crippen molar-refractivity contribution in [2.45, 2.75) is 64.8 Å². The van der Waals surface area contributed by atoms with Crippen LogP contribution in [0.3, 0.4) is 0 Å². The molecule has 1 N–H and O–H groups in total. The first-order valence-corrected chi connectivity index (χ1v) is 7.92. The van der Waals surface area contributed by atoms with Crippen molar-refractivity contribution in [3.8, 4) is 0 Å². The van der Waals surface area contributed by atoms with Crippen molar-refractivity contribution in [2.75, 3.05) is 5.88 Å². The molecule has 0 bridgehead atoms. The fourth-order valence-corrected chi connectivity index (χ4v) is 3.88. The summed E-state index contributed by atoms with van der Waals surface area (Å²) in [5.41, 5.74) is 0.192. The summed E-state index contributed by atoms with van der Waals surface area (Å²) in [4.78, 5) is 12.3. The van der Waals surface area contributed by atoms with Gasteiger partial charge in [-0.25, -0.2) is 0 Å². The van der Waals surface area contributed by atoms with Crippen molar-refractivity contribution in [3.05, 3.63) is 0 Å². The van der Waals surface area contributed by atoms with E-state index in [1.165, 1.54) is 25.7 Å². The van der Waals surface area contributed by atoms with Crippen molar-refractivity contribution < 1.29 is 4.79 Å². The van der Waals surface area contributed by atoms with Gasteiger partial charge in [-0.1, -0.05) is 20.3 Å². The van der Waals surface area contributed by atoms with E-state index in [0.717, 1.165) is 25.1 Å². The molecule has 0 aliphatic heterocycles. The summed E-state index contributed by atoms with van der Waals surface area (Å²) in [6.07, 6.45) is 8.00. The van der Waals surface area contributed by atoms with Gasteiger partial charge in [0.15, 0.2) is 0 Å². The molecular weight excluding hydrogens is 246 g/mol. The van der Waals surface area contributed by atoms with Gasteiger partial charge in [-0.2, -0.15) is 0 Å². The number of hydrogen-bond donors (Lipinski definition) is 1. The molecule has 0 aromatic rings. The predicted octanol–water partition coefficient (Wildman–Crippen LogP) is 3.73. The Bertz CT molecular complexity index is 295. The molecule has 2 aliphatic rings. The average Bonchev–Trinajstić information content (AvgIpc) is 2.70. The molecule has 2 nitrogen and oxygen atoms in total. The third-order valence-electron chi connectivity index (χ3n) is 4.99. The molecule has 0 aromatic carbocycles. The lowest BCUT2D eigenvalue weighted by molar-refractivity contribution is -0.128. The SMILES string of the molecule is CC1(C)CCCC1C(=O)NC1CCC(CCl)CC1. The number of hydrogen-bond acceptors (Lipinski definition) is 1. The van der Waals surface area contributed by atoms with Gasteiger partial charge in [0.2, 0.25) is 5.91 Å².